The highest BCUT2D eigenvalue weighted by molar-refractivity contribution is 5.21. The minimum atomic E-state index is 0.200. The second-order valence-corrected chi connectivity index (χ2v) is 4.92. The molecule has 0 saturated heterocycles. The molecule has 1 heterocycles. The van der Waals surface area contributed by atoms with Gasteiger partial charge in [-0.25, -0.2) is 4.98 Å². The van der Waals surface area contributed by atoms with Gasteiger partial charge in [0.2, 0.25) is 5.88 Å². The molecule has 3 N–H and O–H groups in total. The molecule has 1 atom stereocenters. The largest absolute Gasteiger partial charge is 0.481 e. The van der Waals surface area contributed by atoms with E-state index in [1.165, 1.54) is 32.1 Å². The first-order valence-corrected chi connectivity index (χ1v) is 6.79. The van der Waals surface area contributed by atoms with Crippen LogP contribution in [0.1, 0.15) is 43.7 Å². The van der Waals surface area contributed by atoms with Crippen LogP contribution >= 0.6 is 0 Å². The molecule has 0 amide bonds. The van der Waals surface area contributed by atoms with Gasteiger partial charge in [-0.15, -0.1) is 0 Å². The number of rotatable bonds is 5. The van der Waals surface area contributed by atoms with Gasteiger partial charge < -0.3 is 15.8 Å². The molecule has 1 aliphatic carbocycles. The highest BCUT2D eigenvalue weighted by Gasteiger charge is 2.18. The van der Waals surface area contributed by atoms with E-state index in [0.717, 1.165) is 5.56 Å². The lowest BCUT2D eigenvalue weighted by Crippen LogP contribution is -2.37. The SMILES string of the molecule is COc1ccc(C(CN)NC2CCCCC2)cn1. The van der Waals surface area contributed by atoms with Gasteiger partial charge in [-0.2, -0.15) is 0 Å². The van der Waals surface area contributed by atoms with Gasteiger partial charge in [-0.1, -0.05) is 25.3 Å². The molecule has 4 heteroatoms. The summed E-state index contributed by atoms with van der Waals surface area (Å²) in [5.74, 6) is 0.646. The number of pyridine rings is 1. The summed E-state index contributed by atoms with van der Waals surface area (Å²) in [6.45, 7) is 0.602. The van der Waals surface area contributed by atoms with E-state index in [2.05, 4.69) is 10.3 Å². The molecule has 0 radical (unpaired) electrons. The number of nitrogens with zero attached hydrogens (tertiary/aromatic N) is 1. The van der Waals surface area contributed by atoms with Crippen molar-refractivity contribution in [2.24, 2.45) is 5.73 Å². The highest BCUT2D eigenvalue weighted by atomic mass is 16.5. The molecule has 1 fully saturated rings. The summed E-state index contributed by atoms with van der Waals surface area (Å²) < 4.78 is 5.07. The Morgan fingerprint density at radius 3 is 2.72 bits per heavy atom. The zero-order chi connectivity index (χ0) is 12.8. The third kappa shape index (κ3) is 3.43. The number of aromatic nitrogens is 1. The Bertz CT molecular complexity index is 347. The van der Waals surface area contributed by atoms with Gasteiger partial charge in [0.25, 0.3) is 0 Å². The lowest BCUT2D eigenvalue weighted by atomic mass is 9.94. The van der Waals surface area contributed by atoms with Crippen LogP contribution in [0.25, 0.3) is 0 Å². The fourth-order valence-electron chi connectivity index (χ4n) is 2.57. The summed E-state index contributed by atoms with van der Waals surface area (Å²) in [5, 5.41) is 3.65. The van der Waals surface area contributed by atoms with Crippen LogP contribution in [0.3, 0.4) is 0 Å². The molecule has 4 nitrogen and oxygen atoms in total. The summed E-state index contributed by atoms with van der Waals surface area (Å²) in [7, 11) is 1.63. The first-order valence-electron chi connectivity index (χ1n) is 6.79. The zero-order valence-electron chi connectivity index (χ0n) is 11.1. The number of hydrogen-bond donors (Lipinski definition) is 2. The maximum atomic E-state index is 5.87. The smallest absolute Gasteiger partial charge is 0.212 e. The lowest BCUT2D eigenvalue weighted by molar-refractivity contribution is 0.339. The Balaban J connectivity index is 1.97. The summed E-state index contributed by atoms with van der Waals surface area (Å²) in [6, 6.07) is 4.74. The summed E-state index contributed by atoms with van der Waals surface area (Å²) in [4.78, 5) is 4.24. The molecule has 1 saturated carbocycles. The molecule has 100 valence electrons. The number of ether oxygens (including phenoxy) is 1. The van der Waals surface area contributed by atoms with Crippen LogP contribution in [-0.2, 0) is 0 Å². The van der Waals surface area contributed by atoms with Crippen LogP contribution in [-0.4, -0.2) is 24.7 Å². The third-order valence-corrected chi connectivity index (χ3v) is 3.65. The molecule has 1 aromatic heterocycles. The Morgan fingerprint density at radius 1 is 1.39 bits per heavy atom. The maximum absolute atomic E-state index is 5.87. The molecule has 1 aromatic rings. The van der Waals surface area contributed by atoms with Crippen molar-refractivity contribution in [3.63, 3.8) is 0 Å². The van der Waals surface area contributed by atoms with Gasteiger partial charge in [-0.05, 0) is 18.4 Å². The highest BCUT2D eigenvalue weighted by Crippen LogP contribution is 2.21. The van der Waals surface area contributed by atoms with Crippen LogP contribution in [0.5, 0.6) is 5.88 Å². The van der Waals surface area contributed by atoms with E-state index in [9.17, 15) is 0 Å². The Hall–Kier alpha value is -1.13. The first-order chi connectivity index (χ1) is 8.83. The van der Waals surface area contributed by atoms with Gasteiger partial charge in [-0.3, -0.25) is 0 Å². The fourth-order valence-corrected chi connectivity index (χ4v) is 2.57. The minimum Gasteiger partial charge on any atom is -0.481 e. The third-order valence-electron chi connectivity index (χ3n) is 3.65. The summed E-state index contributed by atoms with van der Waals surface area (Å²) >= 11 is 0. The van der Waals surface area contributed by atoms with Crippen LogP contribution < -0.4 is 15.8 Å². The van der Waals surface area contributed by atoms with Crippen molar-refractivity contribution in [2.45, 2.75) is 44.2 Å². The first kappa shape index (κ1) is 13.3. The summed E-state index contributed by atoms with van der Waals surface area (Å²) in [6.07, 6.45) is 8.41. The van der Waals surface area contributed by atoms with Crippen molar-refractivity contribution < 1.29 is 4.74 Å². The lowest BCUT2D eigenvalue weighted by Gasteiger charge is -2.28. The van der Waals surface area contributed by atoms with Crippen molar-refractivity contribution in [3.8, 4) is 5.88 Å². The number of hydrogen-bond acceptors (Lipinski definition) is 4. The fraction of sp³-hybridized carbons (Fsp3) is 0.643. The standard InChI is InChI=1S/C14H23N3O/c1-18-14-8-7-11(10-16-14)13(9-15)17-12-5-3-2-4-6-12/h7-8,10,12-13,17H,2-6,9,15H2,1H3. The van der Waals surface area contributed by atoms with Gasteiger partial charge in [0.1, 0.15) is 0 Å². The van der Waals surface area contributed by atoms with E-state index in [1.807, 2.05) is 18.3 Å². The molecule has 1 unspecified atom stereocenters. The Morgan fingerprint density at radius 2 is 2.17 bits per heavy atom. The van der Waals surface area contributed by atoms with Crippen molar-refractivity contribution in [3.05, 3.63) is 23.9 Å². The monoisotopic (exact) mass is 249 g/mol. The van der Waals surface area contributed by atoms with Crippen LogP contribution in [0.4, 0.5) is 0 Å². The molecular formula is C14H23N3O. The normalized spacial score (nSPS) is 18.6. The number of nitrogens with two attached hydrogens (primary N) is 1. The van der Waals surface area contributed by atoms with Gasteiger partial charge in [0.15, 0.2) is 0 Å². The zero-order valence-corrected chi connectivity index (χ0v) is 11.1. The second kappa shape index (κ2) is 6.71. The Kier molecular flexibility index (Phi) is 4.96. The van der Waals surface area contributed by atoms with Gasteiger partial charge in [0, 0.05) is 30.9 Å². The van der Waals surface area contributed by atoms with Crippen molar-refractivity contribution in [1.29, 1.82) is 0 Å². The predicted molar refractivity (Wildman–Crippen MR) is 72.6 cm³/mol. The Labute approximate surface area is 109 Å². The molecule has 0 spiro atoms. The molecule has 1 aliphatic rings. The van der Waals surface area contributed by atoms with E-state index in [4.69, 9.17) is 10.5 Å². The average Bonchev–Trinajstić information content (AvgIpc) is 2.46. The number of methoxy groups -OCH3 is 1. The van der Waals surface area contributed by atoms with E-state index in [0.29, 0.717) is 18.5 Å². The molecule has 0 aromatic carbocycles. The quantitative estimate of drug-likeness (QED) is 0.838. The summed E-state index contributed by atoms with van der Waals surface area (Å²) in [5.41, 5.74) is 7.01. The van der Waals surface area contributed by atoms with Crippen molar-refractivity contribution in [2.75, 3.05) is 13.7 Å². The molecule has 0 bridgehead atoms. The van der Waals surface area contributed by atoms with E-state index in [1.54, 1.807) is 7.11 Å². The molecule has 18 heavy (non-hydrogen) atoms. The topological polar surface area (TPSA) is 60.2 Å². The molecule has 0 aliphatic heterocycles. The van der Waals surface area contributed by atoms with E-state index >= 15 is 0 Å². The van der Waals surface area contributed by atoms with Gasteiger partial charge >= 0.3 is 0 Å². The van der Waals surface area contributed by atoms with E-state index < -0.39 is 0 Å². The molecular weight excluding hydrogens is 226 g/mol. The second-order valence-electron chi connectivity index (χ2n) is 4.92. The van der Waals surface area contributed by atoms with Crippen LogP contribution in [0.15, 0.2) is 18.3 Å². The van der Waals surface area contributed by atoms with Gasteiger partial charge in [0.05, 0.1) is 7.11 Å². The van der Waals surface area contributed by atoms with Crippen molar-refractivity contribution in [1.82, 2.24) is 10.3 Å². The molecule has 2 rings (SSSR count). The minimum absolute atomic E-state index is 0.200. The number of nitrogens with one attached hydrogen (secondary N) is 1. The van der Waals surface area contributed by atoms with Crippen LogP contribution in [0.2, 0.25) is 0 Å². The van der Waals surface area contributed by atoms with Crippen molar-refractivity contribution >= 4 is 0 Å². The van der Waals surface area contributed by atoms with E-state index in [-0.39, 0.29) is 6.04 Å². The predicted octanol–water partition coefficient (Wildman–Crippen LogP) is 2.01. The maximum Gasteiger partial charge on any atom is 0.212 e. The average molecular weight is 249 g/mol. The van der Waals surface area contributed by atoms with Crippen LogP contribution in [0, 0.1) is 0 Å².